The molecule has 1 rings (SSSR count). The largest absolute Gasteiger partial charge is 0.478 e. The van der Waals surface area contributed by atoms with E-state index in [0.717, 1.165) is 5.56 Å². The maximum absolute atomic E-state index is 13.4. The summed E-state index contributed by atoms with van der Waals surface area (Å²) in [5.74, 6) is -1.58. The van der Waals surface area contributed by atoms with Gasteiger partial charge in [-0.25, -0.2) is 4.79 Å². The van der Waals surface area contributed by atoms with Crippen LogP contribution in [-0.2, 0) is 19.8 Å². The highest BCUT2D eigenvalue weighted by Crippen LogP contribution is 2.28. The van der Waals surface area contributed by atoms with Gasteiger partial charge in [0.25, 0.3) is 0 Å². The van der Waals surface area contributed by atoms with Crippen LogP contribution < -0.4 is 10.6 Å². The number of carbonyl (C=O) groups excluding carboxylic acids is 2. The number of carboxylic acid groups (broad SMARTS) is 1. The molecule has 1 aromatic rings. The summed E-state index contributed by atoms with van der Waals surface area (Å²) in [7, 11) is 3.35. The van der Waals surface area contributed by atoms with Crippen molar-refractivity contribution in [1.82, 2.24) is 15.5 Å². The number of hydrogen-bond acceptors (Lipinski definition) is 4. The van der Waals surface area contributed by atoms with Crippen LogP contribution in [-0.4, -0.2) is 60.0 Å². The summed E-state index contributed by atoms with van der Waals surface area (Å²) in [5.41, 5.74) is 0.0922. The molecule has 0 aliphatic heterocycles. The smallest absolute Gasteiger partial charge is 0.331 e. The lowest BCUT2D eigenvalue weighted by molar-refractivity contribution is -0.140. The number of rotatable bonds is 9. The van der Waals surface area contributed by atoms with Crippen LogP contribution in [0.3, 0.4) is 0 Å². The highest BCUT2D eigenvalue weighted by Gasteiger charge is 2.41. The number of nitrogens with one attached hydrogen (secondary N) is 2. The molecule has 0 saturated carbocycles. The summed E-state index contributed by atoms with van der Waals surface area (Å²) in [6.45, 7) is 12.9. The van der Waals surface area contributed by atoms with Gasteiger partial charge in [-0.05, 0) is 31.9 Å². The fourth-order valence-electron chi connectivity index (χ4n) is 3.68. The molecule has 1 aromatic carbocycles. The lowest BCUT2D eigenvalue weighted by Crippen LogP contribution is -2.61. The van der Waals surface area contributed by atoms with Crippen molar-refractivity contribution in [3.63, 3.8) is 0 Å². The summed E-state index contributed by atoms with van der Waals surface area (Å²) in [6.07, 6.45) is 1.52. The van der Waals surface area contributed by atoms with Gasteiger partial charge in [-0.15, -0.1) is 0 Å². The number of hydrogen-bond donors (Lipinski definition) is 3. The first-order valence-corrected chi connectivity index (χ1v) is 10.9. The molecule has 0 bridgehead atoms. The van der Waals surface area contributed by atoms with Gasteiger partial charge < -0.3 is 20.6 Å². The molecule has 0 unspecified atom stereocenters. The summed E-state index contributed by atoms with van der Waals surface area (Å²) >= 11 is 0. The number of benzene rings is 1. The minimum atomic E-state index is -1.03. The summed E-state index contributed by atoms with van der Waals surface area (Å²) < 4.78 is 0. The normalized spacial score (nSPS) is 15.5. The molecule has 7 nitrogen and oxygen atoms in total. The molecular formula is C25H39N3O4. The maximum Gasteiger partial charge on any atom is 0.331 e. The first kappa shape index (κ1) is 27.4. The predicted octanol–water partition coefficient (Wildman–Crippen LogP) is 2.96. The summed E-state index contributed by atoms with van der Waals surface area (Å²) in [6, 6.07) is 7.97. The van der Waals surface area contributed by atoms with Crippen molar-refractivity contribution >= 4 is 17.8 Å². The SMILES string of the molecule is CN[C@H](C(=O)N[C@H](C(=O)N(C)[C@@H](C)/C=C(\C)C(=O)O)C(C)(C)C)C(C)(C)c1ccccc1. The monoisotopic (exact) mass is 445 g/mol. The average Bonchev–Trinajstić information content (AvgIpc) is 2.70. The van der Waals surface area contributed by atoms with Gasteiger partial charge in [0.15, 0.2) is 0 Å². The zero-order chi connectivity index (χ0) is 24.9. The lowest BCUT2D eigenvalue weighted by atomic mass is 9.76. The van der Waals surface area contributed by atoms with Crippen LogP contribution in [0.15, 0.2) is 42.0 Å². The fourth-order valence-corrected chi connectivity index (χ4v) is 3.68. The Balaban J connectivity index is 3.18. The topological polar surface area (TPSA) is 98.7 Å². The molecule has 0 aliphatic rings. The van der Waals surface area contributed by atoms with Crippen LogP contribution in [0.4, 0.5) is 0 Å². The highest BCUT2D eigenvalue weighted by atomic mass is 16.4. The third kappa shape index (κ3) is 6.66. The van der Waals surface area contributed by atoms with E-state index in [1.807, 2.05) is 65.0 Å². The highest BCUT2D eigenvalue weighted by molar-refractivity contribution is 5.91. The molecule has 7 heteroatoms. The van der Waals surface area contributed by atoms with E-state index < -0.39 is 34.9 Å². The van der Waals surface area contributed by atoms with Crippen molar-refractivity contribution in [2.24, 2.45) is 5.41 Å². The molecule has 0 saturated heterocycles. The molecule has 0 spiro atoms. The molecule has 0 radical (unpaired) electrons. The van der Waals surface area contributed by atoms with Gasteiger partial charge >= 0.3 is 5.97 Å². The molecule has 3 N–H and O–H groups in total. The van der Waals surface area contributed by atoms with Crippen LogP contribution in [0.5, 0.6) is 0 Å². The van der Waals surface area contributed by atoms with Crippen LogP contribution >= 0.6 is 0 Å². The van der Waals surface area contributed by atoms with Gasteiger partial charge in [0.1, 0.15) is 6.04 Å². The molecule has 0 aliphatic carbocycles. The van der Waals surface area contributed by atoms with E-state index in [9.17, 15) is 14.4 Å². The Kier molecular flexibility index (Phi) is 9.21. The van der Waals surface area contributed by atoms with E-state index in [0.29, 0.717) is 0 Å². The quantitative estimate of drug-likeness (QED) is 0.508. The van der Waals surface area contributed by atoms with Crippen molar-refractivity contribution in [3.05, 3.63) is 47.5 Å². The van der Waals surface area contributed by atoms with Gasteiger partial charge in [0, 0.05) is 24.1 Å². The van der Waals surface area contributed by atoms with Crippen molar-refractivity contribution < 1.29 is 19.5 Å². The van der Waals surface area contributed by atoms with E-state index in [1.165, 1.54) is 17.9 Å². The lowest BCUT2D eigenvalue weighted by Gasteiger charge is -2.38. The number of nitrogens with zero attached hydrogens (tertiary/aromatic N) is 1. The summed E-state index contributed by atoms with van der Waals surface area (Å²) in [4.78, 5) is 39.4. The van der Waals surface area contributed by atoms with Crippen molar-refractivity contribution in [1.29, 1.82) is 0 Å². The van der Waals surface area contributed by atoms with Crippen LogP contribution in [0.2, 0.25) is 0 Å². The van der Waals surface area contributed by atoms with Crippen molar-refractivity contribution in [3.8, 4) is 0 Å². The minimum absolute atomic E-state index is 0.161. The number of carbonyl (C=O) groups is 3. The van der Waals surface area contributed by atoms with Crippen LogP contribution in [0, 0.1) is 5.41 Å². The fraction of sp³-hybridized carbons (Fsp3) is 0.560. The molecule has 0 fully saturated rings. The Labute approximate surface area is 192 Å². The first-order valence-electron chi connectivity index (χ1n) is 10.9. The molecule has 178 valence electrons. The van der Waals surface area contributed by atoms with Crippen molar-refractivity contribution in [2.45, 2.75) is 72.0 Å². The first-order chi connectivity index (χ1) is 14.6. The molecule has 0 heterocycles. The predicted molar refractivity (Wildman–Crippen MR) is 127 cm³/mol. The molecule has 2 amide bonds. The molecule has 0 aromatic heterocycles. The van der Waals surface area contributed by atoms with E-state index >= 15 is 0 Å². The van der Waals surface area contributed by atoms with Gasteiger partial charge in [-0.3, -0.25) is 9.59 Å². The van der Waals surface area contributed by atoms with E-state index in [4.69, 9.17) is 5.11 Å². The van der Waals surface area contributed by atoms with Gasteiger partial charge in [0.2, 0.25) is 11.8 Å². The second kappa shape index (κ2) is 10.8. The molecule has 32 heavy (non-hydrogen) atoms. The van der Waals surface area contributed by atoms with E-state index in [2.05, 4.69) is 10.6 Å². The zero-order valence-corrected chi connectivity index (χ0v) is 20.8. The summed E-state index contributed by atoms with van der Waals surface area (Å²) in [5, 5.41) is 15.2. The van der Waals surface area contributed by atoms with E-state index in [1.54, 1.807) is 21.0 Å². The Morgan fingerprint density at radius 3 is 2.00 bits per heavy atom. The van der Waals surface area contributed by atoms with Gasteiger partial charge in [-0.2, -0.15) is 0 Å². The second-order valence-electron chi connectivity index (χ2n) is 9.96. The van der Waals surface area contributed by atoms with Crippen LogP contribution in [0.1, 0.15) is 54.0 Å². The maximum atomic E-state index is 13.4. The Bertz CT molecular complexity index is 840. The minimum Gasteiger partial charge on any atom is -0.478 e. The number of carboxylic acids is 1. The van der Waals surface area contributed by atoms with Crippen molar-refractivity contribution in [2.75, 3.05) is 14.1 Å². The van der Waals surface area contributed by atoms with E-state index in [-0.39, 0.29) is 17.4 Å². The Morgan fingerprint density at radius 2 is 1.56 bits per heavy atom. The second-order valence-corrected chi connectivity index (χ2v) is 9.96. The standard InChI is InChI=1S/C25H39N3O4/c1-16(23(31)32)15-17(2)28(9)22(30)20(24(3,4)5)27-21(29)19(26-8)25(6,7)18-13-11-10-12-14-18/h10-15,17,19-20,26H,1-9H3,(H,27,29)(H,31,32)/b16-15+/t17-,19+,20+/m0/s1. The van der Waals surface area contributed by atoms with Gasteiger partial charge in [0.05, 0.1) is 6.04 Å². The van der Waals surface area contributed by atoms with Gasteiger partial charge in [-0.1, -0.05) is 71.0 Å². The molecule has 3 atom stereocenters. The van der Waals surface area contributed by atoms with Crippen LogP contribution in [0.25, 0.3) is 0 Å². The average molecular weight is 446 g/mol. The third-order valence-corrected chi connectivity index (χ3v) is 5.98. The zero-order valence-electron chi connectivity index (χ0n) is 20.8. The number of aliphatic carboxylic acids is 1. The number of amides is 2. The Morgan fingerprint density at radius 1 is 1.03 bits per heavy atom. The number of likely N-dealkylation sites (N-methyl/N-ethyl adjacent to an activating group) is 2. The third-order valence-electron chi connectivity index (χ3n) is 5.98. The Hall–Kier alpha value is -2.67. The molecular weight excluding hydrogens is 406 g/mol.